The van der Waals surface area contributed by atoms with E-state index in [0.29, 0.717) is 17.8 Å². The van der Waals surface area contributed by atoms with Gasteiger partial charge in [-0.2, -0.15) is 5.10 Å². The van der Waals surface area contributed by atoms with Crippen LogP contribution in [-0.2, 0) is 4.74 Å². The Bertz CT molecular complexity index is 371. The van der Waals surface area contributed by atoms with E-state index in [4.69, 9.17) is 4.74 Å². The number of aliphatic hydroxyl groups is 1. The molecule has 0 bridgehead atoms. The Morgan fingerprint density at radius 3 is 2.71 bits per heavy atom. The Balaban J connectivity index is 4.23. The lowest BCUT2D eigenvalue weighted by atomic mass is 10.2. The summed E-state index contributed by atoms with van der Waals surface area (Å²) >= 11 is 3.17. The average Bonchev–Trinajstić information content (AvgIpc) is 2.27. The zero-order valence-electron chi connectivity index (χ0n) is 10.0. The van der Waals surface area contributed by atoms with Gasteiger partial charge in [0.2, 0.25) is 5.88 Å². The first-order valence-corrected chi connectivity index (χ1v) is 5.67. The molecule has 0 aromatic carbocycles. The highest BCUT2D eigenvalue weighted by molar-refractivity contribution is 9.11. The third-order valence-electron chi connectivity index (χ3n) is 1.76. The van der Waals surface area contributed by atoms with Crippen LogP contribution in [0.25, 0.3) is 0 Å². The Morgan fingerprint density at radius 2 is 2.18 bits per heavy atom. The van der Waals surface area contributed by atoms with Gasteiger partial charge in [-0.1, -0.05) is 29.1 Å². The minimum absolute atomic E-state index is 0.00878. The van der Waals surface area contributed by atoms with Crippen molar-refractivity contribution >= 4 is 22.1 Å². The second-order valence-corrected chi connectivity index (χ2v) is 4.26. The standard InChI is InChI=1S/C12H17BrN2O2/c1-9(8-11(3)17-4)12(16)15-14-7-5-6-10(2)13/h5-7,15-16H,2-3,8H2,1,4H3/b6-5+,12-9-,14-7+. The molecule has 0 radical (unpaired) electrons. The fourth-order valence-electron chi connectivity index (χ4n) is 0.836. The van der Waals surface area contributed by atoms with Crippen LogP contribution in [0.1, 0.15) is 13.3 Å². The van der Waals surface area contributed by atoms with Gasteiger partial charge in [0.25, 0.3) is 0 Å². The van der Waals surface area contributed by atoms with Gasteiger partial charge in [0.1, 0.15) is 0 Å². The molecule has 4 nitrogen and oxygen atoms in total. The molecular formula is C12H17BrN2O2. The number of halogens is 1. The molecule has 17 heavy (non-hydrogen) atoms. The lowest BCUT2D eigenvalue weighted by Gasteiger charge is -2.06. The number of hydrazone groups is 1. The number of nitrogens with one attached hydrogen (secondary N) is 1. The zero-order valence-corrected chi connectivity index (χ0v) is 11.6. The van der Waals surface area contributed by atoms with Gasteiger partial charge in [-0.25, -0.2) is 5.43 Å². The number of rotatable bonds is 7. The van der Waals surface area contributed by atoms with Crippen LogP contribution in [-0.4, -0.2) is 18.4 Å². The summed E-state index contributed by atoms with van der Waals surface area (Å²) in [5, 5.41) is 13.4. The van der Waals surface area contributed by atoms with Gasteiger partial charge in [-0.3, -0.25) is 0 Å². The summed E-state index contributed by atoms with van der Waals surface area (Å²) in [5.41, 5.74) is 3.19. The number of allylic oxidation sites excluding steroid dienone is 4. The number of methoxy groups -OCH3 is 1. The number of hydrogen-bond acceptors (Lipinski definition) is 4. The SMILES string of the molecule is C=C(Br)/C=C/C=N/N/C(O)=C(\C)CC(=C)OC. The minimum atomic E-state index is -0.00878. The van der Waals surface area contributed by atoms with Gasteiger partial charge in [0, 0.05) is 17.1 Å². The smallest absolute Gasteiger partial charge is 0.204 e. The normalized spacial score (nSPS) is 12.6. The summed E-state index contributed by atoms with van der Waals surface area (Å²) < 4.78 is 5.65. The molecule has 0 unspecified atom stereocenters. The molecule has 0 aromatic heterocycles. The molecule has 0 fully saturated rings. The first-order valence-electron chi connectivity index (χ1n) is 4.88. The van der Waals surface area contributed by atoms with E-state index in [-0.39, 0.29) is 5.88 Å². The molecule has 0 spiro atoms. The predicted octanol–water partition coefficient (Wildman–Crippen LogP) is 3.37. The van der Waals surface area contributed by atoms with Gasteiger partial charge in [-0.05, 0) is 24.6 Å². The topological polar surface area (TPSA) is 53.9 Å². The molecule has 0 aliphatic rings. The van der Waals surface area contributed by atoms with Crippen molar-refractivity contribution in [3.8, 4) is 0 Å². The van der Waals surface area contributed by atoms with Crippen LogP contribution < -0.4 is 5.43 Å². The molecule has 5 heteroatoms. The van der Waals surface area contributed by atoms with Crippen LogP contribution >= 0.6 is 15.9 Å². The molecule has 94 valence electrons. The second-order valence-electron chi connectivity index (χ2n) is 3.24. The van der Waals surface area contributed by atoms with E-state index in [9.17, 15) is 5.11 Å². The van der Waals surface area contributed by atoms with E-state index in [0.717, 1.165) is 4.48 Å². The highest BCUT2D eigenvalue weighted by atomic mass is 79.9. The molecule has 0 aliphatic carbocycles. The van der Waals surface area contributed by atoms with Crippen LogP contribution in [0.3, 0.4) is 0 Å². The van der Waals surface area contributed by atoms with Crippen molar-refractivity contribution in [1.82, 2.24) is 5.43 Å². The summed E-state index contributed by atoms with van der Waals surface area (Å²) in [5.74, 6) is 0.570. The first-order chi connectivity index (χ1) is 7.97. The third-order valence-corrected chi connectivity index (χ3v) is 2.03. The predicted molar refractivity (Wildman–Crippen MR) is 74.9 cm³/mol. The van der Waals surface area contributed by atoms with Crippen LogP contribution in [0.4, 0.5) is 0 Å². The fraction of sp³-hybridized carbons (Fsp3) is 0.250. The van der Waals surface area contributed by atoms with Crippen molar-refractivity contribution in [2.45, 2.75) is 13.3 Å². The maximum atomic E-state index is 9.58. The molecule has 0 aromatic rings. The van der Waals surface area contributed by atoms with Gasteiger partial charge in [-0.15, -0.1) is 0 Å². The summed E-state index contributed by atoms with van der Waals surface area (Å²) in [7, 11) is 1.54. The lowest BCUT2D eigenvalue weighted by Crippen LogP contribution is -2.07. The van der Waals surface area contributed by atoms with Crippen molar-refractivity contribution in [3.63, 3.8) is 0 Å². The van der Waals surface area contributed by atoms with E-state index in [1.54, 1.807) is 19.1 Å². The maximum absolute atomic E-state index is 9.58. The van der Waals surface area contributed by atoms with E-state index in [2.05, 4.69) is 39.6 Å². The molecule has 0 rings (SSSR count). The van der Waals surface area contributed by atoms with Crippen molar-refractivity contribution in [1.29, 1.82) is 0 Å². The van der Waals surface area contributed by atoms with Crippen molar-refractivity contribution < 1.29 is 9.84 Å². The van der Waals surface area contributed by atoms with E-state index in [1.807, 2.05) is 0 Å². The van der Waals surface area contributed by atoms with Crippen molar-refractivity contribution in [2.75, 3.05) is 7.11 Å². The van der Waals surface area contributed by atoms with Gasteiger partial charge in [0.15, 0.2) is 0 Å². The first kappa shape index (κ1) is 15.5. The monoisotopic (exact) mass is 300 g/mol. The summed E-state index contributed by atoms with van der Waals surface area (Å²) in [4.78, 5) is 0. The molecular weight excluding hydrogens is 284 g/mol. The number of hydrogen-bond donors (Lipinski definition) is 2. The van der Waals surface area contributed by atoms with E-state index >= 15 is 0 Å². The Hall–Kier alpha value is -1.49. The molecule has 0 atom stereocenters. The summed E-state index contributed by atoms with van der Waals surface area (Å²) in [6.07, 6.45) is 5.37. The average molecular weight is 301 g/mol. The Labute approximate surface area is 110 Å². The largest absolute Gasteiger partial charge is 0.501 e. The number of nitrogens with zero attached hydrogens (tertiary/aromatic N) is 1. The fourth-order valence-corrected chi connectivity index (χ4v) is 0.989. The lowest BCUT2D eigenvalue weighted by molar-refractivity contribution is 0.281. The Kier molecular flexibility index (Phi) is 7.88. The van der Waals surface area contributed by atoms with Crippen molar-refractivity contribution in [2.24, 2.45) is 5.10 Å². The minimum Gasteiger partial charge on any atom is -0.501 e. The van der Waals surface area contributed by atoms with Crippen LogP contribution in [0.2, 0.25) is 0 Å². The van der Waals surface area contributed by atoms with E-state index in [1.165, 1.54) is 13.3 Å². The second kappa shape index (κ2) is 8.64. The van der Waals surface area contributed by atoms with Gasteiger partial charge in [0.05, 0.1) is 12.9 Å². The maximum Gasteiger partial charge on any atom is 0.204 e. The molecule has 0 amide bonds. The highest BCUT2D eigenvalue weighted by Gasteiger charge is 2.01. The molecule has 2 N–H and O–H groups in total. The quantitative estimate of drug-likeness (QED) is 0.328. The highest BCUT2D eigenvalue weighted by Crippen LogP contribution is 2.10. The molecule has 0 saturated heterocycles. The van der Waals surface area contributed by atoms with Gasteiger partial charge < -0.3 is 9.84 Å². The van der Waals surface area contributed by atoms with Crippen LogP contribution in [0.15, 0.2) is 52.1 Å². The Morgan fingerprint density at radius 1 is 1.53 bits per heavy atom. The van der Waals surface area contributed by atoms with Crippen LogP contribution in [0, 0.1) is 0 Å². The third kappa shape index (κ3) is 8.33. The summed E-state index contributed by atoms with van der Waals surface area (Å²) in [6.45, 7) is 9.05. The number of ether oxygens (including phenoxy) is 1. The van der Waals surface area contributed by atoms with E-state index < -0.39 is 0 Å². The zero-order chi connectivity index (χ0) is 13.3. The van der Waals surface area contributed by atoms with Crippen LogP contribution in [0.5, 0.6) is 0 Å². The number of aliphatic hydroxyl groups excluding tert-OH is 1. The van der Waals surface area contributed by atoms with Gasteiger partial charge >= 0.3 is 0 Å². The summed E-state index contributed by atoms with van der Waals surface area (Å²) in [6, 6.07) is 0. The molecule has 0 heterocycles. The van der Waals surface area contributed by atoms with Crippen molar-refractivity contribution in [3.05, 3.63) is 47.0 Å². The molecule has 0 aliphatic heterocycles. The molecule has 0 saturated carbocycles.